The summed E-state index contributed by atoms with van der Waals surface area (Å²) >= 11 is 0. The lowest BCUT2D eigenvalue weighted by Crippen LogP contribution is -2.34. The first-order chi connectivity index (χ1) is 7.77. The molecule has 1 aliphatic rings. The van der Waals surface area contributed by atoms with Gasteiger partial charge in [-0.15, -0.1) is 0 Å². The van der Waals surface area contributed by atoms with Crippen LogP contribution in [0.25, 0.3) is 0 Å². The molecule has 0 heterocycles. The number of carbonyl (C=O) groups is 1. The zero-order valence-corrected chi connectivity index (χ0v) is 10.9. The molecule has 16 heavy (non-hydrogen) atoms. The van der Waals surface area contributed by atoms with Gasteiger partial charge >= 0.3 is 0 Å². The third kappa shape index (κ3) is 4.54. The van der Waals surface area contributed by atoms with E-state index in [1.165, 1.54) is 38.5 Å². The van der Waals surface area contributed by atoms with Gasteiger partial charge in [0.05, 0.1) is 0 Å². The van der Waals surface area contributed by atoms with Crippen LogP contribution in [0.1, 0.15) is 65.2 Å². The van der Waals surface area contributed by atoms with E-state index < -0.39 is 0 Å². The molecule has 1 fully saturated rings. The Bertz CT molecular complexity index is 191. The molecule has 0 aliphatic heterocycles. The van der Waals surface area contributed by atoms with Crippen molar-refractivity contribution in [1.29, 1.82) is 0 Å². The first-order valence-corrected chi connectivity index (χ1v) is 7.05. The van der Waals surface area contributed by atoms with E-state index in [9.17, 15) is 4.79 Å². The lowest BCUT2D eigenvalue weighted by atomic mass is 9.98. The van der Waals surface area contributed by atoms with Gasteiger partial charge in [0.25, 0.3) is 0 Å². The lowest BCUT2D eigenvalue weighted by molar-refractivity contribution is -0.125. The molecule has 94 valence electrons. The summed E-state index contributed by atoms with van der Waals surface area (Å²) in [7, 11) is 0. The van der Waals surface area contributed by atoms with Gasteiger partial charge in [-0.25, -0.2) is 0 Å². The molecule has 0 aromatic rings. The van der Waals surface area contributed by atoms with Crippen molar-refractivity contribution in [3.05, 3.63) is 0 Å². The highest BCUT2D eigenvalue weighted by molar-refractivity contribution is 5.78. The molecule has 0 saturated heterocycles. The number of carbonyl (C=O) groups excluding carboxylic acids is 1. The summed E-state index contributed by atoms with van der Waals surface area (Å²) in [6.07, 6.45) is 9.66. The molecule has 1 amide bonds. The number of rotatable bonds is 5. The van der Waals surface area contributed by atoms with Crippen molar-refractivity contribution < 1.29 is 4.79 Å². The highest BCUT2D eigenvalue weighted by atomic mass is 16.1. The first kappa shape index (κ1) is 13.5. The SMILES string of the molecule is CCC(CC)CNC(=O)C1CCCCCC1. The van der Waals surface area contributed by atoms with Crippen molar-refractivity contribution in [2.45, 2.75) is 65.2 Å². The van der Waals surface area contributed by atoms with Gasteiger partial charge in [0.15, 0.2) is 0 Å². The second kappa shape index (κ2) is 7.70. The Morgan fingerprint density at radius 2 is 1.69 bits per heavy atom. The molecule has 0 atom stereocenters. The molecule has 0 radical (unpaired) electrons. The van der Waals surface area contributed by atoms with E-state index in [0.717, 1.165) is 19.4 Å². The van der Waals surface area contributed by atoms with Crippen LogP contribution in [-0.2, 0) is 4.79 Å². The molecular formula is C14H27NO. The molecule has 1 rings (SSSR count). The fraction of sp³-hybridized carbons (Fsp3) is 0.929. The zero-order valence-electron chi connectivity index (χ0n) is 10.9. The van der Waals surface area contributed by atoms with Gasteiger partial charge in [0, 0.05) is 12.5 Å². The molecule has 0 bridgehead atoms. The van der Waals surface area contributed by atoms with E-state index in [2.05, 4.69) is 19.2 Å². The zero-order chi connectivity index (χ0) is 11.8. The molecule has 0 spiro atoms. The van der Waals surface area contributed by atoms with Crippen LogP contribution in [0.2, 0.25) is 0 Å². The van der Waals surface area contributed by atoms with Crippen molar-refractivity contribution >= 4 is 5.91 Å². The van der Waals surface area contributed by atoms with Gasteiger partial charge in [-0.1, -0.05) is 52.4 Å². The summed E-state index contributed by atoms with van der Waals surface area (Å²) in [5.74, 6) is 1.28. The number of hydrogen-bond acceptors (Lipinski definition) is 1. The van der Waals surface area contributed by atoms with Gasteiger partial charge in [-0.3, -0.25) is 4.79 Å². The van der Waals surface area contributed by atoms with Crippen molar-refractivity contribution in [3.63, 3.8) is 0 Å². The summed E-state index contributed by atoms with van der Waals surface area (Å²) < 4.78 is 0. The van der Waals surface area contributed by atoms with E-state index in [1.807, 2.05) is 0 Å². The Morgan fingerprint density at radius 1 is 1.12 bits per heavy atom. The Morgan fingerprint density at radius 3 is 2.19 bits per heavy atom. The van der Waals surface area contributed by atoms with Crippen molar-refractivity contribution in [2.24, 2.45) is 11.8 Å². The predicted octanol–water partition coefficient (Wildman–Crippen LogP) is 3.51. The fourth-order valence-corrected chi connectivity index (χ4v) is 2.51. The molecule has 2 nitrogen and oxygen atoms in total. The fourth-order valence-electron chi connectivity index (χ4n) is 2.51. The predicted molar refractivity (Wildman–Crippen MR) is 68.3 cm³/mol. The van der Waals surface area contributed by atoms with Crippen LogP contribution >= 0.6 is 0 Å². The van der Waals surface area contributed by atoms with E-state index >= 15 is 0 Å². The van der Waals surface area contributed by atoms with Crippen LogP contribution in [-0.4, -0.2) is 12.5 Å². The maximum Gasteiger partial charge on any atom is 0.223 e. The van der Waals surface area contributed by atoms with Crippen LogP contribution < -0.4 is 5.32 Å². The third-order valence-corrected chi connectivity index (χ3v) is 3.95. The van der Waals surface area contributed by atoms with Crippen molar-refractivity contribution in [3.8, 4) is 0 Å². The highest BCUT2D eigenvalue weighted by Crippen LogP contribution is 2.22. The Kier molecular flexibility index (Phi) is 6.51. The average molecular weight is 225 g/mol. The molecule has 1 saturated carbocycles. The molecule has 1 N–H and O–H groups in total. The molecule has 0 unspecified atom stereocenters. The molecule has 0 aromatic carbocycles. The Balaban J connectivity index is 2.27. The normalized spacial score (nSPS) is 18.4. The number of amides is 1. The lowest BCUT2D eigenvalue weighted by Gasteiger charge is -2.17. The standard InChI is InChI=1S/C14H27NO/c1-3-12(4-2)11-15-14(16)13-9-7-5-6-8-10-13/h12-13H,3-11H2,1-2H3,(H,15,16). The van der Waals surface area contributed by atoms with E-state index in [4.69, 9.17) is 0 Å². The van der Waals surface area contributed by atoms with Crippen LogP contribution in [0.3, 0.4) is 0 Å². The van der Waals surface area contributed by atoms with Gasteiger partial charge in [0.1, 0.15) is 0 Å². The largest absolute Gasteiger partial charge is 0.356 e. The van der Waals surface area contributed by atoms with Crippen molar-refractivity contribution in [2.75, 3.05) is 6.54 Å². The second-order valence-electron chi connectivity index (χ2n) is 5.12. The van der Waals surface area contributed by atoms with Gasteiger partial charge in [-0.05, 0) is 18.8 Å². The summed E-state index contributed by atoms with van der Waals surface area (Å²) in [6.45, 7) is 5.28. The van der Waals surface area contributed by atoms with Crippen LogP contribution in [0.5, 0.6) is 0 Å². The Labute approximate surface area is 100 Å². The highest BCUT2D eigenvalue weighted by Gasteiger charge is 2.20. The molecular weight excluding hydrogens is 198 g/mol. The first-order valence-electron chi connectivity index (χ1n) is 7.05. The Hall–Kier alpha value is -0.530. The minimum absolute atomic E-state index is 0.303. The topological polar surface area (TPSA) is 29.1 Å². The maximum atomic E-state index is 12.0. The maximum absolute atomic E-state index is 12.0. The summed E-state index contributed by atoms with van der Waals surface area (Å²) in [6, 6.07) is 0. The second-order valence-corrected chi connectivity index (χ2v) is 5.12. The van der Waals surface area contributed by atoms with Gasteiger partial charge in [0.2, 0.25) is 5.91 Å². The molecule has 2 heteroatoms. The van der Waals surface area contributed by atoms with Crippen LogP contribution in [0.4, 0.5) is 0 Å². The van der Waals surface area contributed by atoms with Crippen LogP contribution in [0, 0.1) is 11.8 Å². The minimum atomic E-state index is 0.303. The summed E-state index contributed by atoms with van der Waals surface area (Å²) in [5, 5.41) is 3.14. The van der Waals surface area contributed by atoms with E-state index in [0.29, 0.717) is 17.7 Å². The smallest absolute Gasteiger partial charge is 0.223 e. The number of hydrogen-bond donors (Lipinski definition) is 1. The summed E-state index contributed by atoms with van der Waals surface area (Å²) in [5.41, 5.74) is 0. The van der Waals surface area contributed by atoms with E-state index in [1.54, 1.807) is 0 Å². The number of nitrogens with one attached hydrogen (secondary N) is 1. The van der Waals surface area contributed by atoms with Gasteiger partial charge < -0.3 is 5.32 Å². The van der Waals surface area contributed by atoms with Crippen molar-refractivity contribution in [1.82, 2.24) is 5.32 Å². The molecule has 1 aliphatic carbocycles. The average Bonchev–Trinajstić information content (AvgIpc) is 2.58. The summed E-state index contributed by atoms with van der Waals surface area (Å²) in [4.78, 5) is 12.0. The van der Waals surface area contributed by atoms with Gasteiger partial charge in [-0.2, -0.15) is 0 Å². The van der Waals surface area contributed by atoms with E-state index in [-0.39, 0.29) is 0 Å². The monoisotopic (exact) mass is 225 g/mol. The third-order valence-electron chi connectivity index (χ3n) is 3.95. The molecule has 0 aromatic heterocycles. The quantitative estimate of drug-likeness (QED) is 0.713. The van der Waals surface area contributed by atoms with Crippen LogP contribution in [0.15, 0.2) is 0 Å². The minimum Gasteiger partial charge on any atom is -0.356 e.